The lowest BCUT2D eigenvalue weighted by molar-refractivity contribution is -0.118. The minimum absolute atomic E-state index is 0.00541. The van der Waals surface area contributed by atoms with Crippen LogP contribution in [0.25, 0.3) is 11.4 Å². The van der Waals surface area contributed by atoms with E-state index in [-0.39, 0.29) is 26.6 Å². The molecule has 0 saturated heterocycles. The maximum atomic E-state index is 13.1. The summed E-state index contributed by atoms with van der Waals surface area (Å²) in [5, 5.41) is 3.08. The molecular formula is C20H21N3O3S2. The summed E-state index contributed by atoms with van der Waals surface area (Å²) in [5.41, 5.74) is 0.772. The molecule has 0 bridgehead atoms. The molecule has 8 heteroatoms. The van der Waals surface area contributed by atoms with E-state index in [1.54, 1.807) is 30.3 Å². The molecular weight excluding hydrogens is 394 g/mol. The zero-order valence-corrected chi connectivity index (χ0v) is 17.0. The highest BCUT2D eigenvalue weighted by molar-refractivity contribution is 8.00. The third-order valence-corrected chi connectivity index (χ3v) is 6.75. The van der Waals surface area contributed by atoms with E-state index < -0.39 is 9.84 Å². The number of rotatable bonds is 8. The van der Waals surface area contributed by atoms with Gasteiger partial charge >= 0.3 is 0 Å². The Balaban J connectivity index is 1.97. The molecule has 146 valence electrons. The van der Waals surface area contributed by atoms with Gasteiger partial charge in [0, 0.05) is 12.1 Å². The topological polar surface area (TPSA) is 91.9 Å². The second-order valence-corrected chi connectivity index (χ2v) is 8.89. The lowest BCUT2D eigenvalue weighted by Crippen LogP contribution is -2.25. The fourth-order valence-electron chi connectivity index (χ4n) is 2.52. The first-order chi connectivity index (χ1) is 13.5. The van der Waals surface area contributed by atoms with Crippen molar-refractivity contribution < 1.29 is 13.2 Å². The Morgan fingerprint density at radius 3 is 2.36 bits per heavy atom. The predicted octanol–water partition coefficient (Wildman–Crippen LogP) is 3.53. The maximum Gasteiger partial charge on any atom is 0.230 e. The number of H-pyrrole nitrogens is 1. The van der Waals surface area contributed by atoms with E-state index in [1.807, 2.05) is 37.3 Å². The van der Waals surface area contributed by atoms with Crippen LogP contribution in [0.15, 0.2) is 75.6 Å². The Morgan fingerprint density at radius 2 is 1.71 bits per heavy atom. The van der Waals surface area contributed by atoms with Gasteiger partial charge in [0.1, 0.15) is 10.9 Å². The van der Waals surface area contributed by atoms with E-state index >= 15 is 0 Å². The van der Waals surface area contributed by atoms with Crippen LogP contribution < -0.4 is 5.32 Å². The zero-order valence-electron chi connectivity index (χ0n) is 15.4. The summed E-state index contributed by atoms with van der Waals surface area (Å²) >= 11 is 1.11. The van der Waals surface area contributed by atoms with E-state index in [9.17, 15) is 13.2 Å². The third kappa shape index (κ3) is 4.63. The number of sulfone groups is 1. The summed E-state index contributed by atoms with van der Waals surface area (Å²) in [6.45, 7) is 2.56. The number of hydrogen-bond donors (Lipinski definition) is 2. The van der Waals surface area contributed by atoms with Crippen molar-refractivity contribution in [2.45, 2.75) is 28.3 Å². The molecule has 1 amide bonds. The van der Waals surface area contributed by atoms with Gasteiger partial charge in [-0.15, -0.1) is 0 Å². The lowest BCUT2D eigenvalue weighted by Gasteiger charge is -2.05. The molecule has 0 radical (unpaired) electrons. The van der Waals surface area contributed by atoms with Gasteiger partial charge < -0.3 is 10.3 Å². The standard InChI is InChI=1S/C20H21N3O3S2/c1-2-13-21-17(24)14-27-19-20(28(25,26)16-11-7-4-8-12-16)23-18(22-19)15-9-5-3-6-10-15/h3-12H,2,13-14H2,1H3,(H,21,24)(H,22,23). The Morgan fingerprint density at radius 1 is 1.07 bits per heavy atom. The number of imidazole rings is 1. The van der Waals surface area contributed by atoms with Gasteiger partial charge in [-0.05, 0) is 18.6 Å². The predicted molar refractivity (Wildman–Crippen MR) is 110 cm³/mol. The summed E-state index contributed by atoms with van der Waals surface area (Å²) in [6, 6.07) is 17.5. The molecule has 1 aromatic heterocycles. The number of nitrogens with zero attached hydrogens (tertiary/aromatic N) is 1. The third-order valence-electron chi connectivity index (χ3n) is 3.92. The summed E-state index contributed by atoms with van der Waals surface area (Å²) in [6.07, 6.45) is 0.838. The van der Waals surface area contributed by atoms with Crippen molar-refractivity contribution in [3.63, 3.8) is 0 Å². The minimum atomic E-state index is -3.79. The molecule has 0 aliphatic heterocycles. The van der Waals surface area contributed by atoms with Crippen LogP contribution in [-0.2, 0) is 14.6 Å². The van der Waals surface area contributed by atoms with Crippen molar-refractivity contribution in [2.75, 3.05) is 12.3 Å². The van der Waals surface area contributed by atoms with Crippen LogP contribution in [0.4, 0.5) is 0 Å². The molecule has 28 heavy (non-hydrogen) atoms. The average molecular weight is 416 g/mol. The number of carbonyl (C=O) groups excluding carboxylic acids is 1. The Bertz CT molecular complexity index is 1030. The van der Waals surface area contributed by atoms with Crippen molar-refractivity contribution >= 4 is 27.5 Å². The lowest BCUT2D eigenvalue weighted by atomic mass is 10.2. The van der Waals surface area contributed by atoms with Crippen molar-refractivity contribution in [3.8, 4) is 11.4 Å². The van der Waals surface area contributed by atoms with Gasteiger partial charge in [0.25, 0.3) is 0 Å². The number of hydrogen-bond acceptors (Lipinski definition) is 5. The van der Waals surface area contributed by atoms with E-state index in [0.717, 1.165) is 23.7 Å². The van der Waals surface area contributed by atoms with Gasteiger partial charge in [0.15, 0.2) is 5.03 Å². The molecule has 1 heterocycles. The van der Waals surface area contributed by atoms with Gasteiger partial charge in [0.05, 0.1) is 10.6 Å². The molecule has 0 spiro atoms. The second kappa shape index (κ2) is 9.07. The number of benzene rings is 2. The fourth-order valence-corrected chi connectivity index (χ4v) is 4.99. The molecule has 0 unspecified atom stereocenters. The summed E-state index contributed by atoms with van der Waals surface area (Å²) in [5.74, 6) is 0.391. The Labute approximate surface area is 168 Å². The van der Waals surface area contributed by atoms with Crippen molar-refractivity contribution in [2.24, 2.45) is 0 Å². The molecule has 2 aromatic carbocycles. The summed E-state index contributed by atoms with van der Waals surface area (Å²) in [4.78, 5) is 19.6. The minimum Gasteiger partial charge on any atom is -0.355 e. The second-order valence-electron chi connectivity index (χ2n) is 6.04. The highest BCUT2D eigenvalue weighted by Crippen LogP contribution is 2.31. The van der Waals surface area contributed by atoms with E-state index in [1.165, 1.54) is 0 Å². The highest BCUT2D eigenvalue weighted by atomic mass is 32.2. The van der Waals surface area contributed by atoms with Crippen LogP contribution in [0.2, 0.25) is 0 Å². The number of aromatic nitrogens is 2. The Hall–Kier alpha value is -2.58. The van der Waals surface area contributed by atoms with Crippen molar-refractivity contribution in [3.05, 3.63) is 60.7 Å². The van der Waals surface area contributed by atoms with Crippen LogP contribution in [0.3, 0.4) is 0 Å². The van der Waals surface area contributed by atoms with Gasteiger partial charge in [0.2, 0.25) is 15.7 Å². The number of carbonyl (C=O) groups is 1. The molecule has 0 aliphatic rings. The molecule has 3 aromatic rings. The fraction of sp³-hybridized carbons (Fsp3) is 0.200. The van der Waals surface area contributed by atoms with E-state index in [0.29, 0.717) is 12.4 Å². The summed E-state index contributed by atoms with van der Waals surface area (Å²) < 4.78 is 26.3. The van der Waals surface area contributed by atoms with Crippen LogP contribution in [0.1, 0.15) is 13.3 Å². The monoisotopic (exact) mass is 415 g/mol. The quantitative estimate of drug-likeness (QED) is 0.549. The summed E-state index contributed by atoms with van der Waals surface area (Å²) in [7, 11) is -3.79. The number of nitrogens with one attached hydrogen (secondary N) is 2. The first-order valence-electron chi connectivity index (χ1n) is 8.87. The van der Waals surface area contributed by atoms with Gasteiger partial charge in [-0.25, -0.2) is 13.4 Å². The maximum absolute atomic E-state index is 13.1. The number of thioether (sulfide) groups is 1. The smallest absolute Gasteiger partial charge is 0.230 e. The molecule has 0 saturated carbocycles. The normalized spacial score (nSPS) is 11.3. The zero-order chi connectivity index (χ0) is 20.0. The first-order valence-corrected chi connectivity index (χ1v) is 11.3. The molecule has 2 N–H and O–H groups in total. The first kappa shape index (κ1) is 20.2. The van der Waals surface area contributed by atoms with Gasteiger partial charge in [-0.1, -0.05) is 67.2 Å². The van der Waals surface area contributed by atoms with Crippen LogP contribution in [-0.4, -0.2) is 36.6 Å². The van der Waals surface area contributed by atoms with Gasteiger partial charge in [-0.3, -0.25) is 4.79 Å². The largest absolute Gasteiger partial charge is 0.355 e. The van der Waals surface area contributed by atoms with E-state index in [2.05, 4.69) is 15.3 Å². The van der Waals surface area contributed by atoms with Crippen molar-refractivity contribution in [1.29, 1.82) is 0 Å². The van der Waals surface area contributed by atoms with Crippen LogP contribution in [0.5, 0.6) is 0 Å². The average Bonchev–Trinajstić information content (AvgIpc) is 3.17. The number of amides is 1. The highest BCUT2D eigenvalue weighted by Gasteiger charge is 2.26. The van der Waals surface area contributed by atoms with Crippen LogP contribution in [0, 0.1) is 0 Å². The Kier molecular flexibility index (Phi) is 6.53. The molecule has 0 aliphatic carbocycles. The molecule has 0 atom stereocenters. The molecule has 6 nitrogen and oxygen atoms in total. The van der Waals surface area contributed by atoms with Crippen LogP contribution >= 0.6 is 11.8 Å². The SMILES string of the molecule is CCCNC(=O)CSc1nc(-c2ccccc2)[nH]c1S(=O)(=O)c1ccccc1. The molecule has 3 rings (SSSR count). The van der Waals surface area contributed by atoms with Crippen molar-refractivity contribution in [1.82, 2.24) is 15.3 Å². The number of aromatic amines is 1. The molecule has 0 fully saturated rings. The van der Waals surface area contributed by atoms with Gasteiger partial charge in [-0.2, -0.15) is 0 Å². The van der Waals surface area contributed by atoms with E-state index in [4.69, 9.17) is 0 Å².